The zero-order valence-electron chi connectivity index (χ0n) is 17.5. The van der Waals surface area contributed by atoms with E-state index in [1.54, 1.807) is 14.1 Å². The lowest BCUT2D eigenvalue weighted by atomic mass is 9.58. The minimum atomic E-state index is -2.69. The number of fused-ring (bicyclic) bond motifs is 3. The second kappa shape index (κ2) is 7.14. The Morgan fingerprint density at radius 3 is 2.38 bits per heavy atom. The Morgan fingerprint density at radius 2 is 1.81 bits per heavy atom. The van der Waals surface area contributed by atoms with Gasteiger partial charge in [-0.1, -0.05) is 11.6 Å². The molecule has 0 heterocycles. The molecule has 32 heavy (non-hydrogen) atoms. The number of nitrogens with zero attached hydrogens (tertiary/aromatic N) is 1. The van der Waals surface area contributed by atoms with Crippen molar-refractivity contribution in [1.29, 1.82) is 0 Å². The first-order valence-electron chi connectivity index (χ1n) is 9.91. The van der Waals surface area contributed by atoms with Gasteiger partial charge < -0.3 is 25.5 Å². The van der Waals surface area contributed by atoms with Crippen molar-refractivity contribution in [2.75, 3.05) is 14.1 Å². The van der Waals surface area contributed by atoms with E-state index in [4.69, 9.17) is 11.6 Å². The third-order valence-corrected chi connectivity index (χ3v) is 7.08. The van der Waals surface area contributed by atoms with Gasteiger partial charge in [0.2, 0.25) is 5.78 Å². The minimum absolute atomic E-state index is 0.0172. The van der Waals surface area contributed by atoms with Crippen molar-refractivity contribution in [2.24, 2.45) is 11.8 Å². The standard InChI is InChI=1S/C22H22ClNO8/c1-7(25)12-19(29)16(24(2)3)9-6-8-13(21(31)22(9,32)20(12)30)18(28)15-11(26)5-4-10(23)14(15)17(8)27/h4-5,8-9,16-17,26-27,29,31-32H,6H2,1-3H3/t8-,9-,16-,17-,22+/m0/s1. The molecule has 170 valence electrons. The van der Waals surface area contributed by atoms with Gasteiger partial charge in [0.05, 0.1) is 17.7 Å². The second-order valence-corrected chi connectivity index (χ2v) is 9.07. The number of phenolic OH excluding ortho intramolecular Hbond substituents is 1. The van der Waals surface area contributed by atoms with Crippen LogP contribution in [0.25, 0.3) is 0 Å². The Bertz CT molecular complexity index is 1150. The summed E-state index contributed by atoms with van der Waals surface area (Å²) in [7, 11) is 3.11. The molecule has 5 N–H and O–H groups in total. The lowest BCUT2D eigenvalue weighted by molar-refractivity contribution is -0.149. The molecule has 0 saturated carbocycles. The molecule has 3 aliphatic rings. The Hall–Kier alpha value is -2.72. The quantitative estimate of drug-likeness (QED) is 0.409. The molecular weight excluding hydrogens is 442 g/mol. The van der Waals surface area contributed by atoms with Gasteiger partial charge in [-0.3, -0.25) is 19.3 Å². The number of Topliss-reactive ketones (excluding diaryl/α,β-unsaturated/α-hetero) is 3. The molecule has 0 spiro atoms. The summed E-state index contributed by atoms with van der Waals surface area (Å²) >= 11 is 6.19. The predicted molar refractivity (Wildman–Crippen MR) is 111 cm³/mol. The third-order valence-electron chi connectivity index (χ3n) is 6.75. The van der Waals surface area contributed by atoms with E-state index < -0.39 is 75.3 Å². The number of benzene rings is 1. The lowest BCUT2D eigenvalue weighted by Gasteiger charge is -2.51. The van der Waals surface area contributed by atoms with Crippen LogP contribution in [-0.4, -0.2) is 73.5 Å². The van der Waals surface area contributed by atoms with Gasteiger partial charge >= 0.3 is 0 Å². The molecule has 0 amide bonds. The van der Waals surface area contributed by atoms with Gasteiger partial charge in [-0.05, 0) is 39.6 Å². The van der Waals surface area contributed by atoms with Crippen molar-refractivity contribution in [2.45, 2.75) is 31.1 Å². The topological polar surface area (TPSA) is 156 Å². The van der Waals surface area contributed by atoms with Crippen molar-refractivity contribution in [3.05, 3.63) is 50.9 Å². The zero-order valence-corrected chi connectivity index (χ0v) is 18.2. The predicted octanol–water partition coefficient (Wildman–Crippen LogP) is 1.37. The zero-order chi connectivity index (χ0) is 23.9. The summed E-state index contributed by atoms with van der Waals surface area (Å²) in [6.45, 7) is 1.04. The van der Waals surface area contributed by atoms with Gasteiger partial charge in [0.15, 0.2) is 17.2 Å². The number of aliphatic hydroxyl groups is 4. The monoisotopic (exact) mass is 463 g/mol. The Morgan fingerprint density at radius 1 is 1.19 bits per heavy atom. The van der Waals surface area contributed by atoms with Crippen molar-refractivity contribution in [3.8, 4) is 5.75 Å². The summed E-state index contributed by atoms with van der Waals surface area (Å²) in [5.41, 5.74) is -4.13. The SMILES string of the molecule is CC(=O)C1=C(O)[C@@H](N(C)C)[C@@H]2C[C@H]3C(=C(O)[C@]2(O)C1=O)C(=O)c1c(O)ccc(Cl)c1[C@H]3O. The highest BCUT2D eigenvalue weighted by atomic mass is 35.5. The van der Waals surface area contributed by atoms with Gasteiger partial charge in [-0.15, -0.1) is 0 Å². The fourth-order valence-corrected chi connectivity index (χ4v) is 5.62. The molecule has 5 atom stereocenters. The maximum atomic E-state index is 13.3. The molecule has 1 aromatic rings. The number of likely N-dealkylation sites (N-methyl/N-ethyl adjacent to an activating group) is 1. The molecule has 0 saturated heterocycles. The van der Waals surface area contributed by atoms with Crippen molar-refractivity contribution >= 4 is 29.0 Å². The number of carbonyl (C=O) groups is 3. The highest BCUT2D eigenvalue weighted by Gasteiger charge is 2.64. The van der Waals surface area contributed by atoms with Crippen molar-refractivity contribution in [3.63, 3.8) is 0 Å². The van der Waals surface area contributed by atoms with E-state index in [2.05, 4.69) is 0 Å². The van der Waals surface area contributed by atoms with E-state index in [1.165, 1.54) is 11.0 Å². The summed E-state index contributed by atoms with van der Waals surface area (Å²) < 4.78 is 0. The second-order valence-electron chi connectivity index (χ2n) is 8.66. The molecule has 3 aliphatic carbocycles. The number of aliphatic hydroxyl groups excluding tert-OH is 3. The summed E-state index contributed by atoms with van der Waals surface area (Å²) in [6, 6.07) is 1.41. The third kappa shape index (κ3) is 2.65. The molecule has 1 aromatic carbocycles. The lowest BCUT2D eigenvalue weighted by Crippen LogP contribution is -2.63. The van der Waals surface area contributed by atoms with Crippen molar-refractivity contribution < 1.29 is 39.9 Å². The van der Waals surface area contributed by atoms with Crippen LogP contribution in [0, 0.1) is 11.8 Å². The Kier molecular flexibility index (Phi) is 5.02. The number of halogens is 1. The normalized spacial score (nSPS) is 32.1. The fraction of sp³-hybridized carbons (Fsp3) is 0.409. The van der Waals surface area contributed by atoms with Crippen LogP contribution in [0.5, 0.6) is 5.75 Å². The van der Waals surface area contributed by atoms with E-state index in [1.807, 2.05) is 0 Å². The molecule has 9 nitrogen and oxygen atoms in total. The van der Waals surface area contributed by atoms with E-state index in [9.17, 15) is 39.9 Å². The number of ketones is 3. The Labute approximate surface area is 187 Å². The van der Waals surface area contributed by atoms with Crippen LogP contribution in [-0.2, 0) is 9.59 Å². The van der Waals surface area contributed by atoms with Crippen LogP contribution in [0.4, 0.5) is 0 Å². The molecule has 0 radical (unpaired) electrons. The number of hydrogen-bond donors (Lipinski definition) is 5. The molecule has 4 rings (SSSR count). The first-order chi connectivity index (χ1) is 14.8. The summed E-state index contributed by atoms with van der Waals surface area (Å²) in [5.74, 6) is -7.24. The van der Waals surface area contributed by atoms with Gasteiger partial charge in [-0.25, -0.2) is 0 Å². The van der Waals surface area contributed by atoms with E-state index >= 15 is 0 Å². The van der Waals surface area contributed by atoms with Crippen LogP contribution < -0.4 is 0 Å². The summed E-state index contributed by atoms with van der Waals surface area (Å²) in [4.78, 5) is 40.1. The largest absolute Gasteiger partial charge is 0.510 e. The van der Waals surface area contributed by atoms with E-state index in [0.717, 1.165) is 13.0 Å². The van der Waals surface area contributed by atoms with Crippen LogP contribution >= 0.6 is 11.6 Å². The molecule has 0 aromatic heterocycles. The molecule has 0 unspecified atom stereocenters. The van der Waals surface area contributed by atoms with E-state index in [0.29, 0.717) is 0 Å². The van der Waals surface area contributed by atoms with Gasteiger partial charge in [0.1, 0.15) is 22.8 Å². The molecule has 10 heteroatoms. The van der Waals surface area contributed by atoms with Gasteiger partial charge in [0, 0.05) is 28.0 Å². The van der Waals surface area contributed by atoms with E-state index in [-0.39, 0.29) is 22.6 Å². The van der Waals surface area contributed by atoms with Crippen molar-refractivity contribution in [1.82, 2.24) is 4.90 Å². The molecule has 0 aliphatic heterocycles. The number of carbonyl (C=O) groups excluding carboxylic acids is 3. The number of rotatable bonds is 2. The molecule has 0 fully saturated rings. The summed E-state index contributed by atoms with van der Waals surface area (Å²) in [5, 5.41) is 54.7. The smallest absolute Gasteiger partial charge is 0.209 e. The highest BCUT2D eigenvalue weighted by molar-refractivity contribution is 6.33. The van der Waals surface area contributed by atoms with Crippen LogP contribution in [0.2, 0.25) is 5.02 Å². The Balaban J connectivity index is 2.02. The first kappa shape index (κ1) is 22.5. The van der Waals surface area contributed by atoms with Gasteiger partial charge in [-0.2, -0.15) is 0 Å². The summed E-state index contributed by atoms with van der Waals surface area (Å²) in [6.07, 6.45) is -1.64. The maximum Gasteiger partial charge on any atom is 0.209 e. The minimum Gasteiger partial charge on any atom is -0.510 e. The molecule has 0 bridgehead atoms. The molecular formula is C22H22ClNO8. The van der Waals surface area contributed by atoms with Crippen LogP contribution in [0.3, 0.4) is 0 Å². The average Bonchev–Trinajstić information content (AvgIpc) is 2.69. The highest BCUT2D eigenvalue weighted by Crippen LogP contribution is 2.55. The first-order valence-corrected chi connectivity index (χ1v) is 10.3. The fourth-order valence-electron chi connectivity index (χ4n) is 5.35. The van der Waals surface area contributed by atoms with Crippen LogP contribution in [0.15, 0.2) is 34.8 Å². The number of hydrogen-bond acceptors (Lipinski definition) is 9. The number of aromatic hydroxyl groups is 1. The average molecular weight is 464 g/mol. The maximum absolute atomic E-state index is 13.3. The van der Waals surface area contributed by atoms with Crippen LogP contribution in [0.1, 0.15) is 35.4 Å². The van der Waals surface area contributed by atoms with Gasteiger partial charge in [0.25, 0.3) is 0 Å². The number of phenols is 1.